The third kappa shape index (κ3) is 5.32. The number of likely N-dealkylation sites (tertiary alicyclic amines) is 1. The number of aromatic amines is 1. The molecule has 196 valence electrons. The van der Waals surface area contributed by atoms with Gasteiger partial charge in [0.05, 0.1) is 48.4 Å². The highest BCUT2D eigenvalue weighted by molar-refractivity contribution is 5.83. The lowest BCUT2D eigenvalue weighted by Gasteiger charge is -2.37. The number of rotatable bonds is 7. The lowest BCUT2D eigenvalue weighted by molar-refractivity contribution is -0.234. The van der Waals surface area contributed by atoms with Crippen LogP contribution in [0.25, 0.3) is 22.6 Å². The number of amides is 1. The largest absolute Gasteiger partial charge is 0.395 e. The van der Waals surface area contributed by atoms with Crippen LogP contribution >= 0.6 is 0 Å². The van der Waals surface area contributed by atoms with Gasteiger partial charge < -0.3 is 34.9 Å². The monoisotopic (exact) mass is 512 g/mol. The zero-order chi connectivity index (χ0) is 26.0. The first-order chi connectivity index (χ1) is 17.9. The number of aromatic nitrogens is 4. The molecule has 1 aromatic carbocycles. The molecule has 0 bridgehead atoms. The van der Waals surface area contributed by atoms with Gasteiger partial charge in [-0.1, -0.05) is 0 Å². The van der Waals surface area contributed by atoms with Crippen molar-refractivity contribution in [1.82, 2.24) is 24.8 Å². The molecule has 11 nitrogen and oxygen atoms in total. The molecule has 37 heavy (non-hydrogen) atoms. The summed E-state index contributed by atoms with van der Waals surface area (Å²) in [5, 5.41) is 21.8. The fourth-order valence-corrected chi connectivity index (χ4v) is 4.45. The van der Waals surface area contributed by atoms with Gasteiger partial charge in [-0.15, -0.1) is 0 Å². The van der Waals surface area contributed by atoms with Gasteiger partial charge in [-0.3, -0.25) is 4.79 Å². The third-order valence-corrected chi connectivity index (χ3v) is 6.44. The number of aliphatic hydroxyl groups is 2. The third-order valence-electron chi connectivity index (χ3n) is 6.44. The van der Waals surface area contributed by atoms with Gasteiger partial charge in [0.25, 0.3) is 0 Å². The summed E-state index contributed by atoms with van der Waals surface area (Å²) in [6, 6.07) is 7.64. The molecule has 3 aromatic rings. The van der Waals surface area contributed by atoms with Crippen molar-refractivity contribution in [3.63, 3.8) is 0 Å². The number of carbonyl (C=O) groups excluding carboxylic acids is 1. The first-order valence-corrected chi connectivity index (χ1v) is 12.1. The number of nitrogens with one attached hydrogen (secondary N) is 2. The van der Waals surface area contributed by atoms with Crippen LogP contribution in [0.15, 0.2) is 36.5 Å². The molecule has 4 heterocycles. The number of ether oxygens (including phenoxy) is 2. The van der Waals surface area contributed by atoms with E-state index in [1.807, 2.05) is 0 Å². The lowest BCUT2D eigenvalue weighted by atomic mass is 9.90. The van der Waals surface area contributed by atoms with Crippen molar-refractivity contribution in [2.75, 3.05) is 44.8 Å². The molecule has 1 atom stereocenters. The molecular formula is C25H29FN6O5. The Morgan fingerprint density at radius 1 is 1.24 bits per heavy atom. The van der Waals surface area contributed by atoms with E-state index in [1.165, 1.54) is 12.1 Å². The van der Waals surface area contributed by atoms with E-state index in [1.54, 1.807) is 36.2 Å². The van der Waals surface area contributed by atoms with E-state index in [-0.39, 0.29) is 31.5 Å². The Balaban J connectivity index is 1.41. The van der Waals surface area contributed by atoms with Crippen LogP contribution in [-0.4, -0.2) is 86.5 Å². The summed E-state index contributed by atoms with van der Waals surface area (Å²) < 4.78 is 25.5. The number of hydrogen-bond donors (Lipinski definition) is 4. The van der Waals surface area contributed by atoms with Crippen molar-refractivity contribution < 1.29 is 28.9 Å². The second-order valence-corrected chi connectivity index (χ2v) is 9.48. The zero-order valence-corrected chi connectivity index (χ0v) is 20.4. The molecule has 4 N–H and O–H groups in total. The van der Waals surface area contributed by atoms with E-state index >= 15 is 0 Å². The van der Waals surface area contributed by atoms with Crippen LogP contribution in [0.2, 0.25) is 0 Å². The predicted molar refractivity (Wildman–Crippen MR) is 131 cm³/mol. The molecule has 2 aromatic heterocycles. The van der Waals surface area contributed by atoms with E-state index in [9.17, 15) is 14.3 Å². The summed E-state index contributed by atoms with van der Waals surface area (Å²) >= 11 is 0. The summed E-state index contributed by atoms with van der Waals surface area (Å²) in [4.78, 5) is 31.3. The second kappa shape index (κ2) is 10.5. The number of aliphatic hydroxyl groups excluding tert-OH is 2. The molecular weight excluding hydrogens is 483 g/mol. The summed E-state index contributed by atoms with van der Waals surface area (Å²) in [6.07, 6.45) is 0.787. The van der Waals surface area contributed by atoms with E-state index in [0.717, 1.165) is 0 Å². The number of halogens is 1. The van der Waals surface area contributed by atoms with Gasteiger partial charge in [0.2, 0.25) is 18.1 Å². The molecule has 1 unspecified atom stereocenters. The van der Waals surface area contributed by atoms with Crippen molar-refractivity contribution in [2.24, 2.45) is 5.41 Å². The molecule has 2 saturated heterocycles. The second-order valence-electron chi connectivity index (χ2n) is 9.48. The minimum absolute atomic E-state index is 0.0707. The number of imidazole rings is 1. The topological polar surface area (TPSA) is 146 Å². The van der Waals surface area contributed by atoms with E-state index in [0.29, 0.717) is 60.5 Å². The van der Waals surface area contributed by atoms with Crippen molar-refractivity contribution in [3.05, 3.63) is 48.2 Å². The Morgan fingerprint density at radius 3 is 2.68 bits per heavy atom. The number of benzene rings is 1. The van der Waals surface area contributed by atoms with Gasteiger partial charge in [0.15, 0.2) is 5.82 Å². The minimum Gasteiger partial charge on any atom is -0.395 e. The van der Waals surface area contributed by atoms with Gasteiger partial charge >= 0.3 is 0 Å². The van der Waals surface area contributed by atoms with Crippen LogP contribution in [0.4, 0.5) is 10.3 Å². The smallest absolute Gasteiger partial charge is 0.233 e. The zero-order valence-electron chi connectivity index (χ0n) is 20.4. The van der Waals surface area contributed by atoms with Crippen LogP contribution in [0.3, 0.4) is 0 Å². The Kier molecular flexibility index (Phi) is 7.15. The van der Waals surface area contributed by atoms with Crippen LogP contribution in [0, 0.1) is 11.2 Å². The quantitative estimate of drug-likeness (QED) is 0.372. The molecule has 2 aliphatic heterocycles. The van der Waals surface area contributed by atoms with Gasteiger partial charge in [0, 0.05) is 31.4 Å². The Morgan fingerprint density at radius 2 is 2.00 bits per heavy atom. The van der Waals surface area contributed by atoms with Gasteiger partial charge in [-0.25, -0.2) is 19.3 Å². The molecule has 0 aliphatic carbocycles. The Bertz CT molecular complexity index is 1240. The van der Waals surface area contributed by atoms with Crippen molar-refractivity contribution >= 4 is 11.9 Å². The Labute approximate surface area is 212 Å². The highest BCUT2D eigenvalue weighted by atomic mass is 19.1. The van der Waals surface area contributed by atoms with E-state index in [4.69, 9.17) is 19.6 Å². The number of nitrogens with zero attached hydrogens (tertiary/aromatic N) is 4. The molecule has 1 amide bonds. The maximum atomic E-state index is 13.6. The Hall–Kier alpha value is -3.45. The molecule has 0 radical (unpaired) electrons. The summed E-state index contributed by atoms with van der Waals surface area (Å²) in [7, 11) is 0. The fraction of sp³-hybridized carbons (Fsp3) is 0.440. The number of anilines is 1. The van der Waals surface area contributed by atoms with E-state index in [2.05, 4.69) is 20.3 Å². The minimum atomic E-state index is -0.879. The van der Waals surface area contributed by atoms with Gasteiger partial charge in [0.1, 0.15) is 5.82 Å². The first kappa shape index (κ1) is 25.2. The van der Waals surface area contributed by atoms with Crippen LogP contribution in [0.1, 0.15) is 25.5 Å². The van der Waals surface area contributed by atoms with E-state index < -0.39 is 17.8 Å². The number of H-pyrrole nitrogens is 1. The molecule has 0 saturated carbocycles. The van der Waals surface area contributed by atoms with Gasteiger partial charge in [-0.05, 0) is 43.7 Å². The molecule has 12 heteroatoms. The average molecular weight is 513 g/mol. The SMILES string of the molecule is CC1(C(=O)N2CCC(O)C2)COC(c2nc(-c3ccc(F)cc3)c(-c3ccnc(NCCO)n3)[nH]2)OC1. The average Bonchev–Trinajstić information content (AvgIpc) is 3.55. The van der Waals surface area contributed by atoms with Crippen molar-refractivity contribution in [3.8, 4) is 22.6 Å². The maximum Gasteiger partial charge on any atom is 0.233 e. The molecule has 0 spiro atoms. The summed E-state index contributed by atoms with van der Waals surface area (Å²) in [5.74, 6) is 0.230. The molecule has 2 aliphatic rings. The first-order valence-electron chi connectivity index (χ1n) is 12.1. The number of β-amino-alcohol motifs (C(OH)–C–C–N with tert-alkyl or cyclic N) is 1. The lowest BCUT2D eigenvalue weighted by Crippen LogP contribution is -2.49. The highest BCUT2D eigenvalue weighted by Gasteiger charge is 2.44. The number of hydrogen-bond acceptors (Lipinski definition) is 9. The predicted octanol–water partition coefficient (Wildman–Crippen LogP) is 1.72. The summed E-state index contributed by atoms with van der Waals surface area (Å²) in [6.45, 7) is 3.07. The fourth-order valence-electron chi connectivity index (χ4n) is 4.45. The highest BCUT2D eigenvalue weighted by Crippen LogP contribution is 2.36. The maximum absolute atomic E-state index is 13.6. The van der Waals surface area contributed by atoms with Crippen LogP contribution in [-0.2, 0) is 14.3 Å². The standard InChI is InChI=1S/C25H29FN6O5/c1-25(23(35)32-10-7-17(34)12-32)13-36-22(37-14-25)21-30-19(15-2-4-16(26)5-3-15)20(31-21)18-6-8-27-24(29-18)28-9-11-33/h2-6,8,17,22,33-34H,7,9-14H2,1H3,(H,30,31)(H,27,28,29). The van der Waals surface area contributed by atoms with Crippen LogP contribution < -0.4 is 5.32 Å². The molecule has 2 fully saturated rings. The molecule has 5 rings (SSSR count). The van der Waals surface area contributed by atoms with Crippen molar-refractivity contribution in [1.29, 1.82) is 0 Å². The van der Waals surface area contributed by atoms with Crippen molar-refractivity contribution in [2.45, 2.75) is 25.7 Å². The normalized spacial score (nSPS) is 23.8. The van der Waals surface area contributed by atoms with Crippen LogP contribution in [0.5, 0.6) is 0 Å². The number of carbonyl (C=O) groups is 1. The summed E-state index contributed by atoms with van der Waals surface area (Å²) in [5.41, 5.74) is 1.38. The van der Waals surface area contributed by atoms with Gasteiger partial charge in [-0.2, -0.15) is 0 Å².